The highest BCUT2D eigenvalue weighted by atomic mass is 16.5. The quantitative estimate of drug-likeness (QED) is 0.522. The first-order chi connectivity index (χ1) is 4.33. The molecule has 0 aliphatic rings. The van der Waals surface area contributed by atoms with E-state index in [0.29, 0.717) is 0 Å². The summed E-state index contributed by atoms with van der Waals surface area (Å²) in [4.78, 5) is 0. The van der Waals surface area contributed by atoms with E-state index in [1.807, 2.05) is 39.8 Å². The first kappa shape index (κ1) is 11.5. The lowest BCUT2D eigenvalue weighted by molar-refractivity contribution is 0.162. The lowest BCUT2D eigenvalue weighted by Crippen LogP contribution is -1.84. The zero-order valence-electron chi connectivity index (χ0n) is 6.98. The van der Waals surface area contributed by atoms with Crippen molar-refractivity contribution < 1.29 is 4.74 Å². The van der Waals surface area contributed by atoms with Gasteiger partial charge in [-0.25, -0.2) is 0 Å². The van der Waals surface area contributed by atoms with Crippen molar-refractivity contribution in [1.82, 2.24) is 0 Å². The molecule has 0 aliphatic carbocycles. The highest BCUT2D eigenvalue weighted by Gasteiger charge is 1.64. The zero-order valence-corrected chi connectivity index (χ0v) is 6.98. The van der Waals surface area contributed by atoms with E-state index in [-0.39, 0.29) is 0 Å². The number of hydrogen-bond acceptors (Lipinski definition) is 1. The molecule has 0 aromatic carbocycles. The second-order valence-corrected chi connectivity index (χ2v) is 1.45. The van der Waals surface area contributed by atoms with Gasteiger partial charge >= 0.3 is 0 Å². The summed E-state index contributed by atoms with van der Waals surface area (Å²) >= 11 is 0. The molecular formula is C8H18O. The fourth-order valence-corrected chi connectivity index (χ4v) is 0.204. The van der Waals surface area contributed by atoms with Gasteiger partial charge in [-0.2, -0.15) is 0 Å². The summed E-state index contributed by atoms with van der Waals surface area (Å²) in [6, 6.07) is 0. The molecule has 0 radical (unpaired) electrons. The van der Waals surface area contributed by atoms with Gasteiger partial charge in [0.25, 0.3) is 0 Å². The van der Waals surface area contributed by atoms with Crippen molar-refractivity contribution in [3.8, 4) is 0 Å². The van der Waals surface area contributed by atoms with E-state index in [4.69, 9.17) is 4.74 Å². The van der Waals surface area contributed by atoms with Gasteiger partial charge in [0.2, 0.25) is 0 Å². The van der Waals surface area contributed by atoms with E-state index in [9.17, 15) is 0 Å². The molecule has 0 fully saturated rings. The SMILES string of the molecule is CC=CC.CCOCC. The van der Waals surface area contributed by atoms with E-state index in [1.54, 1.807) is 0 Å². The molecule has 0 N–H and O–H groups in total. The molecule has 1 nitrogen and oxygen atoms in total. The van der Waals surface area contributed by atoms with Crippen molar-refractivity contribution >= 4 is 0 Å². The van der Waals surface area contributed by atoms with Crippen LogP contribution in [0.15, 0.2) is 12.2 Å². The van der Waals surface area contributed by atoms with Crippen LogP contribution in [-0.4, -0.2) is 13.2 Å². The molecule has 0 saturated heterocycles. The molecule has 1 heteroatoms. The van der Waals surface area contributed by atoms with Crippen LogP contribution in [0.4, 0.5) is 0 Å². The van der Waals surface area contributed by atoms with Gasteiger partial charge in [0.05, 0.1) is 0 Å². The summed E-state index contributed by atoms with van der Waals surface area (Å²) in [5, 5.41) is 0. The van der Waals surface area contributed by atoms with Gasteiger partial charge in [-0.3, -0.25) is 0 Å². The van der Waals surface area contributed by atoms with Crippen LogP contribution in [0.1, 0.15) is 27.7 Å². The molecule has 9 heavy (non-hydrogen) atoms. The summed E-state index contributed by atoms with van der Waals surface area (Å²) in [7, 11) is 0. The fourth-order valence-electron chi connectivity index (χ4n) is 0.204. The molecule has 0 aliphatic heterocycles. The molecule has 0 amide bonds. The topological polar surface area (TPSA) is 9.23 Å². The van der Waals surface area contributed by atoms with Crippen molar-refractivity contribution in [2.45, 2.75) is 27.7 Å². The minimum Gasteiger partial charge on any atom is -0.382 e. The average Bonchev–Trinajstić information content (AvgIpc) is 1.91. The van der Waals surface area contributed by atoms with Crippen LogP contribution in [0.5, 0.6) is 0 Å². The van der Waals surface area contributed by atoms with E-state index in [2.05, 4.69) is 0 Å². The zero-order chi connectivity index (χ0) is 7.54. The Labute approximate surface area is 58.7 Å². The van der Waals surface area contributed by atoms with Gasteiger partial charge in [0, 0.05) is 13.2 Å². The van der Waals surface area contributed by atoms with Crippen LogP contribution in [0.2, 0.25) is 0 Å². The largest absolute Gasteiger partial charge is 0.382 e. The van der Waals surface area contributed by atoms with Crippen LogP contribution in [-0.2, 0) is 4.74 Å². The third kappa shape index (κ3) is 34.3. The Kier molecular flexibility index (Phi) is 20.0. The minimum absolute atomic E-state index is 0.844. The third-order valence-electron chi connectivity index (χ3n) is 0.742. The van der Waals surface area contributed by atoms with E-state index >= 15 is 0 Å². The monoisotopic (exact) mass is 130 g/mol. The summed E-state index contributed by atoms with van der Waals surface area (Å²) < 4.78 is 4.83. The van der Waals surface area contributed by atoms with Crippen molar-refractivity contribution in [1.29, 1.82) is 0 Å². The molecule has 0 spiro atoms. The Bertz CT molecular complexity index is 42.5. The predicted molar refractivity (Wildman–Crippen MR) is 42.7 cm³/mol. The van der Waals surface area contributed by atoms with Crippen LogP contribution in [0.25, 0.3) is 0 Å². The molecule has 0 atom stereocenters. The van der Waals surface area contributed by atoms with Gasteiger partial charge in [-0.15, -0.1) is 0 Å². The van der Waals surface area contributed by atoms with Gasteiger partial charge in [-0.05, 0) is 27.7 Å². The molecule has 0 bridgehead atoms. The van der Waals surface area contributed by atoms with Crippen LogP contribution in [0, 0.1) is 0 Å². The molecule has 0 saturated carbocycles. The summed E-state index contributed by atoms with van der Waals surface area (Å²) in [6.07, 6.45) is 4.00. The Morgan fingerprint density at radius 1 is 1.00 bits per heavy atom. The smallest absolute Gasteiger partial charge is 0.0437 e. The molecule has 0 rings (SSSR count). The molecule has 0 aromatic rings. The average molecular weight is 130 g/mol. The highest BCUT2D eigenvalue weighted by Crippen LogP contribution is 1.64. The van der Waals surface area contributed by atoms with Crippen LogP contribution < -0.4 is 0 Å². The second-order valence-electron chi connectivity index (χ2n) is 1.45. The summed E-state index contributed by atoms with van der Waals surface area (Å²) in [6.45, 7) is 9.67. The predicted octanol–water partition coefficient (Wildman–Crippen LogP) is 2.63. The first-order valence-corrected chi connectivity index (χ1v) is 3.48. The molecule has 0 unspecified atom stereocenters. The Hall–Kier alpha value is -0.300. The second kappa shape index (κ2) is 15.6. The number of hydrogen-bond donors (Lipinski definition) is 0. The Morgan fingerprint density at radius 2 is 1.33 bits per heavy atom. The van der Waals surface area contributed by atoms with Crippen molar-refractivity contribution in [2.24, 2.45) is 0 Å². The summed E-state index contributed by atoms with van der Waals surface area (Å²) in [5.41, 5.74) is 0. The normalized spacial score (nSPS) is 8.89. The lowest BCUT2D eigenvalue weighted by Gasteiger charge is -1.86. The minimum atomic E-state index is 0.844. The van der Waals surface area contributed by atoms with E-state index in [0.717, 1.165) is 13.2 Å². The van der Waals surface area contributed by atoms with Gasteiger partial charge < -0.3 is 4.74 Å². The van der Waals surface area contributed by atoms with Crippen LogP contribution in [0.3, 0.4) is 0 Å². The maximum Gasteiger partial charge on any atom is 0.0437 e. The Balaban J connectivity index is 0. The highest BCUT2D eigenvalue weighted by molar-refractivity contribution is 4.68. The maximum absolute atomic E-state index is 4.83. The van der Waals surface area contributed by atoms with Gasteiger partial charge in [-0.1, -0.05) is 12.2 Å². The molecule has 0 aromatic heterocycles. The van der Waals surface area contributed by atoms with E-state index in [1.165, 1.54) is 0 Å². The first-order valence-electron chi connectivity index (χ1n) is 3.48. The lowest BCUT2D eigenvalue weighted by atomic mass is 10.6. The maximum atomic E-state index is 4.83. The molecule has 56 valence electrons. The standard InChI is InChI=1S/C4H10O.C4H8/c1-3-5-4-2;1-3-4-2/h3-4H2,1-2H3;3-4H,1-2H3. The number of ether oxygens (including phenoxy) is 1. The van der Waals surface area contributed by atoms with Crippen molar-refractivity contribution in [3.63, 3.8) is 0 Å². The fraction of sp³-hybridized carbons (Fsp3) is 0.750. The van der Waals surface area contributed by atoms with Crippen molar-refractivity contribution in [3.05, 3.63) is 12.2 Å². The number of allylic oxidation sites excluding steroid dienone is 2. The third-order valence-corrected chi connectivity index (χ3v) is 0.742. The summed E-state index contributed by atoms with van der Waals surface area (Å²) in [5.74, 6) is 0. The van der Waals surface area contributed by atoms with Crippen LogP contribution >= 0.6 is 0 Å². The molecular weight excluding hydrogens is 112 g/mol. The number of rotatable bonds is 2. The van der Waals surface area contributed by atoms with Gasteiger partial charge in [0.1, 0.15) is 0 Å². The molecule has 0 heterocycles. The Morgan fingerprint density at radius 3 is 1.33 bits per heavy atom. The van der Waals surface area contributed by atoms with Crippen molar-refractivity contribution in [2.75, 3.05) is 13.2 Å². The van der Waals surface area contributed by atoms with E-state index < -0.39 is 0 Å². The van der Waals surface area contributed by atoms with Gasteiger partial charge in [0.15, 0.2) is 0 Å².